The summed E-state index contributed by atoms with van der Waals surface area (Å²) < 4.78 is 4.89. The zero-order valence-corrected chi connectivity index (χ0v) is 12.3. The number of ether oxygens (including phenoxy) is 1. The standard InChI is InChI=1S/C16H19NO4/c1-3-20-15(19)9-10-16(12(2)18)11-14(17-21-16)13-7-5-4-6-8-13/h4-8H,3,9-11H2,1-2H3/t16-/m1/s1. The van der Waals surface area contributed by atoms with Gasteiger partial charge >= 0.3 is 5.97 Å². The van der Waals surface area contributed by atoms with Gasteiger partial charge in [-0.15, -0.1) is 0 Å². The normalized spacial score (nSPS) is 20.6. The molecule has 0 N–H and O–H groups in total. The molecule has 5 nitrogen and oxygen atoms in total. The van der Waals surface area contributed by atoms with Crippen LogP contribution in [-0.4, -0.2) is 29.7 Å². The number of carbonyl (C=O) groups excluding carboxylic acids is 2. The Bertz CT molecular complexity index is 553. The Kier molecular flexibility index (Phi) is 4.73. The van der Waals surface area contributed by atoms with E-state index in [9.17, 15) is 9.59 Å². The third-order valence-corrected chi connectivity index (χ3v) is 3.57. The van der Waals surface area contributed by atoms with Crippen LogP contribution in [0, 0.1) is 0 Å². The number of Topliss-reactive ketones (excluding diaryl/α,β-unsaturated/α-hetero) is 1. The van der Waals surface area contributed by atoms with Crippen LogP contribution < -0.4 is 0 Å². The van der Waals surface area contributed by atoms with Gasteiger partial charge in [0, 0.05) is 19.3 Å². The van der Waals surface area contributed by atoms with E-state index in [2.05, 4.69) is 5.16 Å². The highest BCUT2D eigenvalue weighted by Gasteiger charge is 2.44. The summed E-state index contributed by atoms with van der Waals surface area (Å²) in [6.07, 6.45) is 0.803. The molecule has 5 heteroatoms. The smallest absolute Gasteiger partial charge is 0.305 e. The number of oxime groups is 1. The van der Waals surface area contributed by atoms with Crippen molar-refractivity contribution < 1.29 is 19.2 Å². The van der Waals surface area contributed by atoms with Gasteiger partial charge in [-0.25, -0.2) is 0 Å². The van der Waals surface area contributed by atoms with Crippen LogP contribution in [0.4, 0.5) is 0 Å². The minimum Gasteiger partial charge on any atom is -0.466 e. The lowest BCUT2D eigenvalue weighted by atomic mass is 9.87. The summed E-state index contributed by atoms with van der Waals surface area (Å²) in [7, 11) is 0. The molecule has 0 spiro atoms. The highest BCUT2D eigenvalue weighted by Crippen LogP contribution is 2.32. The van der Waals surface area contributed by atoms with Gasteiger partial charge in [-0.1, -0.05) is 35.5 Å². The van der Waals surface area contributed by atoms with Crippen molar-refractivity contribution in [3.05, 3.63) is 35.9 Å². The largest absolute Gasteiger partial charge is 0.466 e. The number of ketones is 1. The molecule has 1 aliphatic rings. The van der Waals surface area contributed by atoms with Crippen molar-refractivity contribution in [3.8, 4) is 0 Å². The molecular formula is C16H19NO4. The SMILES string of the molecule is CCOC(=O)CC[C@]1(C(C)=O)CC(c2ccccc2)=NO1. The highest BCUT2D eigenvalue weighted by molar-refractivity contribution is 6.05. The molecule has 0 aromatic heterocycles. The Hall–Kier alpha value is -2.17. The maximum atomic E-state index is 12.0. The van der Waals surface area contributed by atoms with Crippen LogP contribution in [0.15, 0.2) is 35.5 Å². The molecule has 1 atom stereocenters. The van der Waals surface area contributed by atoms with Crippen molar-refractivity contribution in [1.82, 2.24) is 0 Å². The zero-order valence-electron chi connectivity index (χ0n) is 12.3. The molecule has 1 aliphatic heterocycles. The van der Waals surface area contributed by atoms with Gasteiger partial charge < -0.3 is 9.57 Å². The first-order valence-corrected chi connectivity index (χ1v) is 7.04. The number of hydrogen-bond acceptors (Lipinski definition) is 5. The van der Waals surface area contributed by atoms with Crippen molar-refractivity contribution in [2.24, 2.45) is 5.16 Å². The predicted molar refractivity (Wildman–Crippen MR) is 78.0 cm³/mol. The van der Waals surface area contributed by atoms with E-state index in [1.807, 2.05) is 30.3 Å². The monoisotopic (exact) mass is 289 g/mol. The predicted octanol–water partition coefficient (Wildman–Crippen LogP) is 2.48. The number of benzene rings is 1. The van der Waals surface area contributed by atoms with E-state index >= 15 is 0 Å². The molecule has 1 aromatic rings. The summed E-state index contributed by atoms with van der Waals surface area (Å²) in [6, 6.07) is 9.57. The topological polar surface area (TPSA) is 65.0 Å². The minimum absolute atomic E-state index is 0.124. The number of esters is 1. The van der Waals surface area contributed by atoms with E-state index in [0.717, 1.165) is 11.3 Å². The van der Waals surface area contributed by atoms with Crippen molar-refractivity contribution in [1.29, 1.82) is 0 Å². The second-order valence-corrected chi connectivity index (χ2v) is 5.03. The summed E-state index contributed by atoms with van der Waals surface area (Å²) in [4.78, 5) is 28.9. The van der Waals surface area contributed by atoms with E-state index in [4.69, 9.17) is 9.57 Å². The molecule has 0 saturated heterocycles. The van der Waals surface area contributed by atoms with Crippen molar-refractivity contribution in [3.63, 3.8) is 0 Å². The maximum Gasteiger partial charge on any atom is 0.305 e. The third kappa shape index (κ3) is 3.48. The Morgan fingerprint density at radius 2 is 2.05 bits per heavy atom. The molecule has 1 heterocycles. The van der Waals surface area contributed by atoms with Gasteiger partial charge in [0.15, 0.2) is 5.78 Å². The quantitative estimate of drug-likeness (QED) is 0.755. The van der Waals surface area contributed by atoms with E-state index in [0.29, 0.717) is 13.0 Å². The first-order chi connectivity index (χ1) is 10.1. The molecule has 0 unspecified atom stereocenters. The molecule has 0 fully saturated rings. The van der Waals surface area contributed by atoms with Crippen LogP contribution in [0.1, 0.15) is 38.7 Å². The van der Waals surface area contributed by atoms with E-state index in [1.165, 1.54) is 6.92 Å². The van der Waals surface area contributed by atoms with Gasteiger partial charge in [0.2, 0.25) is 5.60 Å². The van der Waals surface area contributed by atoms with Crippen LogP contribution in [0.5, 0.6) is 0 Å². The fourth-order valence-corrected chi connectivity index (χ4v) is 2.30. The first kappa shape index (κ1) is 15.2. The molecule has 21 heavy (non-hydrogen) atoms. The Morgan fingerprint density at radius 1 is 1.33 bits per heavy atom. The van der Waals surface area contributed by atoms with Crippen molar-refractivity contribution in [2.75, 3.05) is 6.61 Å². The summed E-state index contributed by atoms with van der Waals surface area (Å²) in [5, 5.41) is 4.05. The van der Waals surface area contributed by atoms with Crippen LogP contribution in [0.3, 0.4) is 0 Å². The second-order valence-electron chi connectivity index (χ2n) is 5.03. The van der Waals surface area contributed by atoms with Gasteiger partial charge in [-0.3, -0.25) is 9.59 Å². The summed E-state index contributed by atoms with van der Waals surface area (Å²) in [5.41, 5.74) is 0.615. The van der Waals surface area contributed by atoms with Crippen LogP contribution in [0.25, 0.3) is 0 Å². The molecule has 0 bridgehead atoms. The summed E-state index contributed by atoms with van der Waals surface area (Å²) in [6.45, 7) is 3.55. The van der Waals surface area contributed by atoms with Gasteiger partial charge in [-0.05, 0) is 19.4 Å². The molecule has 0 saturated carbocycles. The fraction of sp³-hybridized carbons (Fsp3) is 0.438. The van der Waals surface area contributed by atoms with Gasteiger partial charge in [0.25, 0.3) is 0 Å². The molecule has 0 aliphatic carbocycles. The average Bonchev–Trinajstić information content (AvgIpc) is 2.92. The Labute approximate surface area is 123 Å². The number of nitrogens with zero attached hydrogens (tertiary/aromatic N) is 1. The van der Waals surface area contributed by atoms with E-state index < -0.39 is 5.60 Å². The van der Waals surface area contributed by atoms with Gasteiger partial charge in [-0.2, -0.15) is 0 Å². The highest BCUT2D eigenvalue weighted by atomic mass is 16.7. The fourth-order valence-electron chi connectivity index (χ4n) is 2.30. The summed E-state index contributed by atoms with van der Waals surface area (Å²) >= 11 is 0. The molecule has 1 aromatic carbocycles. The molecule has 0 amide bonds. The minimum atomic E-state index is -1.04. The Balaban J connectivity index is 2.06. The van der Waals surface area contributed by atoms with E-state index in [1.54, 1.807) is 6.92 Å². The second kappa shape index (κ2) is 6.52. The lowest BCUT2D eigenvalue weighted by molar-refractivity contribution is -0.148. The number of rotatable bonds is 6. The number of hydrogen-bond donors (Lipinski definition) is 0. The lowest BCUT2D eigenvalue weighted by Crippen LogP contribution is -2.38. The molecule has 2 rings (SSSR count). The Morgan fingerprint density at radius 3 is 2.67 bits per heavy atom. The van der Waals surface area contributed by atoms with E-state index in [-0.39, 0.29) is 24.6 Å². The number of carbonyl (C=O) groups is 2. The molecule has 0 radical (unpaired) electrons. The summed E-state index contributed by atoms with van der Waals surface area (Å²) in [5.74, 6) is -0.448. The average molecular weight is 289 g/mol. The maximum absolute atomic E-state index is 12.0. The van der Waals surface area contributed by atoms with Crippen LogP contribution >= 0.6 is 0 Å². The van der Waals surface area contributed by atoms with Crippen LogP contribution in [-0.2, 0) is 19.2 Å². The molecule has 112 valence electrons. The lowest BCUT2D eigenvalue weighted by Gasteiger charge is -2.22. The van der Waals surface area contributed by atoms with Gasteiger partial charge in [0.1, 0.15) is 0 Å². The zero-order chi connectivity index (χ0) is 15.3. The molecular weight excluding hydrogens is 270 g/mol. The van der Waals surface area contributed by atoms with Crippen LogP contribution in [0.2, 0.25) is 0 Å². The third-order valence-electron chi connectivity index (χ3n) is 3.57. The van der Waals surface area contributed by atoms with Gasteiger partial charge in [0.05, 0.1) is 12.3 Å². The van der Waals surface area contributed by atoms with Crippen molar-refractivity contribution >= 4 is 17.5 Å². The van der Waals surface area contributed by atoms with Crippen molar-refractivity contribution in [2.45, 2.75) is 38.7 Å². The first-order valence-electron chi connectivity index (χ1n) is 7.04.